The molecule has 190 valence electrons. The monoisotopic (exact) mass is 501 g/mol. The molecule has 0 amide bonds. The second kappa shape index (κ2) is 10.0. The van der Waals surface area contributed by atoms with E-state index in [0.717, 1.165) is 30.3 Å². The summed E-state index contributed by atoms with van der Waals surface area (Å²) >= 11 is 0. The molecule has 3 heterocycles. The summed E-state index contributed by atoms with van der Waals surface area (Å²) in [6.45, 7) is 3.17. The van der Waals surface area contributed by atoms with Crippen molar-refractivity contribution in [1.29, 1.82) is 0 Å². The highest BCUT2D eigenvalue weighted by atomic mass is 31.2. The van der Waals surface area contributed by atoms with Crippen molar-refractivity contribution in [1.82, 2.24) is 9.55 Å². The molecule has 3 N–H and O–H groups in total. The van der Waals surface area contributed by atoms with Crippen LogP contribution in [0.2, 0.25) is 0 Å². The molecule has 1 aromatic rings. The van der Waals surface area contributed by atoms with Gasteiger partial charge in [0.05, 0.1) is 24.7 Å². The van der Waals surface area contributed by atoms with E-state index in [1.54, 1.807) is 13.8 Å². The average Bonchev–Trinajstić information content (AvgIpc) is 3.04. The maximum Gasteiger partial charge on any atom is 0.475 e. The minimum atomic E-state index is -3.98. The number of nitrogens with one attached hydrogen (secondary N) is 1. The van der Waals surface area contributed by atoms with Crippen molar-refractivity contribution in [2.75, 3.05) is 13.2 Å². The normalized spacial score (nSPS) is 35.0. The van der Waals surface area contributed by atoms with Crippen LogP contribution < -0.4 is 17.0 Å². The fourth-order valence-corrected chi connectivity index (χ4v) is 6.03. The maximum absolute atomic E-state index is 13.1. The zero-order valence-electron chi connectivity index (χ0n) is 19.3. The third-order valence-corrected chi connectivity index (χ3v) is 8.02. The number of phosphoric acid groups is 1. The van der Waals surface area contributed by atoms with Gasteiger partial charge in [-0.3, -0.25) is 32.7 Å². The summed E-state index contributed by atoms with van der Waals surface area (Å²) in [7, 11) is -3.98. The van der Waals surface area contributed by atoms with Gasteiger partial charge in [-0.25, -0.2) is 9.36 Å². The summed E-state index contributed by atoms with van der Waals surface area (Å²) < 4.78 is 42.1. The van der Waals surface area contributed by atoms with Crippen LogP contribution in [0.15, 0.2) is 21.9 Å². The Labute approximate surface area is 196 Å². The Morgan fingerprint density at radius 2 is 2.09 bits per heavy atom. The number of ether oxygens (including phenoxy) is 2. The predicted molar refractivity (Wildman–Crippen MR) is 119 cm³/mol. The first-order chi connectivity index (χ1) is 16.1. The fraction of sp³-hybridized carbons (Fsp3) is 0.762. The molecule has 0 spiro atoms. The number of nitrogens with zero attached hydrogens (tertiary/aromatic N) is 1. The molecule has 0 radical (unpaired) electrons. The molecule has 0 aromatic carbocycles. The minimum Gasteiger partial charge on any atom is -0.462 e. The van der Waals surface area contributed by atoms with E-state index in [4.69, 9.17) is 28.8 Å². The lowest BCUT2D eigenvalue weighted by Crippen LogP contribution is -2.55. The number of hydrogen-bond donors (Lipinski definition) is 2. The Hall–Kier alpha value is -1.82. The molecule has 0 bridgehead atoms. The molecule has 3 fully saturated rings. The van der Waals surface area contributed by atoms with Crippen molar-refractivity contribution < 1.29 is 32.4 Å². The molecule has 6 atom stereocenters. The Balaban J connectivity index is 1.33. The summed E-state index contributed by atoms with van der Waals surface area (Å²) in [6, 6.07) is 1.18. The van der Waals surface area contributed by atoms with Crippen molar-refractivity contribution in [3.63, 3.8) is 0 Å². The second-order valence-corrected chi connectivity index (χ2v) is 11.0. The molecule has 2 saturated heterocycles. The molecule has 1 saturated carbocycles. The summed E-state index contributed by atoms with van der Waals surface area (Å²) in [6.07, 6.45) is 4.02. The molecule has 1 unspecified atom stereocenters. The third kappa shape index (κ3) is 5.37. The van der Waals surface area contributed by atoms with Gasteiger partial charge in [-0.15, -0.1) is 0 Å². The van der Waals surface area contributed by atoms with E-state index >= 15 is 0 Å². The van der Waals surface area contributed by atoms with E-state index in [2.05, 4.69) is 4.98 Å². The molecule has 34 heavy (non-hydrogen) atoms. The van der Waals surface area contributed by atoms with E-state index in [1.165, 1.54) is 18.7 Å². The molecular formula is C21H32N3O9P. The van der Waals surface area contributed by atoms with Crippen LogP contribution in [0.3, 0.4) is 0 Å². The predicted octanol–water partition coefficient (Wildman–Crippen LogP) is 1.59. The number of aromatic nitrogens is 2. The number of esters is 1. The molecule has 1 aromatic heterocycles. The number of H-pyrrole nitrogens is 1. The van der Waals surface area contributed by atoms with Crippen molar-refractivity contribution in [2.24, 2.45) is 11.7 Å². The average molecular weight is 501 g/mol. The lowest BCUT2D eigenvalue weighted by Gasteiger charge is -2.35. The van der Waals surface area contributed by atoms with Crippen LogP contribution in [0, 0.1) is 5.92 Å². The number of fused-ring (bicyclic) bond motifs is 1. The van der Waals surface area contributed by atoms with Gasteiger partial charge in [-0.1, -0.05) is 13.3 Å². The smallest absolute Gasteiger partial charge is 0.462 e. The Morgan fingerprint density at radius 1 is 1.35 bits per heavy atom. The minimum absolute atomic E-state index is 0.0302. The summed E-state index contributed by atoms with van der Waals surface area (Å²) in [4.78, 5) is 38.1. The van der Waals surface area contributed by atoms with Crippen LogP contribution in [0.5, 0.6) is 0 Å². The number of nitrogens with two attached hydrogens (primary N) is 1. The SMILES string of the molecule is CC(CCO[P@@]1(=O)OC[C@H]2O[C@@H](n3ccc(=O)[nH]c3=O)[C@](C)(N)[C@@H]2O1)C(=O)OC1CCCCC1. The molecular weight excluding hydrogens is 469 g/mol. The lowest BCUT2D eigenvalue weighted by molar-refractivity contribution is -0.155. The molecule has 1 aliphatic carbocycles. The fourth-order valence-electron chi connectivity index (χ4n) is 4.53. The van der Waals surface area contributed by atoms with E-state index in [-0.39, 0.29) is 31.7 Å². The van der Waals surface area contributed by atoms with E-state index in [0.29, 0.717) is 0 Å². The quantitative estimate of drug-likeness (QED) is 0.415. The van der Waals surface area contributed by atoms with Gasteiger partial charge < -0.3 is 15.2 Å². The second-order valence-electron chi connectivity index (χ2n) is 9.40. The summed E-state index contributed by atoms with van der Waals surface area (Å²) in [5.41, 5.74) is 3.92. The highest BCUT2D eigenvalue weighted by molar-refractivity contribution is 7.48. The first-order valence-corrected chi connectivity index (χ1v) is 13.1. The van der Waals surface area contributed by atoms with Crippen molar-refractivity contribution in [2.45, 2.75) is 82.5 Å². The van der Waals surface area contributed by atoms with Crippen LogP contribution in [-0.2, 0) is 32.4 Å². The highest BCUT2D eigenvalue weighted by Crippen LogP contribution is 2.58. The Morgan fingerprint density at radius 3 is 2.79 bits per heavy atom. The molecule has 2 aliphatic heterocycles. The molecule has 3 aliphatic rings. The van der Waals surface area contributed by atoms with Gasteiger partial charge in [0.1, 0.15) is 18.3 Å². The number of carbonyl (C=O) groups excluding carboxylic acids is 1. The van der Waals surface area contributed by atoms with Gasteiger partial charge in [0, 0.05) is 12.3 Å². The van der Waals surface area contributed by atoms with E-state index in [1.807, 2.05) is 0 Å². The van der Waals surface area contributed by atoms with Crippen LogP contribution in [0.4, 0.5) is 0 Å². The number of carbonyl (C=O) groups is 1. The highest BCUT2D eigenvalue weighted by Gasteiger charge is 2.59. The zero-order chi connectivity index (χ0) is 24.5. The zero-order valence-corrected chi connectivity index (χ0v) is 20.2. The summed E-state index contributed by atoms with van der Waals surface area (Å²) in [5.74, 6) is -0.732. The van der Waals surface area contributed by atoms with Crippen LogP contribution in [0.1, 0.15) is 58.6 Å². The third-order valence-electron chi connectivity index (χ3n) is 6.57. The standard InChI is InChI=1S/C21H32N3O9P/c1-13(18(26)31-14-6-4-3-5-7-14)9-11-29-34(28)30-12-15-17(33-34)21(2,22)19(32-15)24-10-8-16(25)23-20(24)27/h8,10,13-15,17,19H,3-7,9,11-12,22H2,1-2H3,(H,23,25,27)/t13?,15-,17-,19-,21-,34+/m1/s1. The van der Waals surface area contributed by atoms with Gasteiger partial charge in [-0.2, -0.15) is 0 Å². The topological polar surface area (TPSA) is 161 Å². The molecule has 4 rings (SSSR count). The van der Waals surface area contributed by atoms with E-state index in [9.17, 15) is 18.9 Å². The van der Waals surface area contributed by atoms with Gasteiger partial charge in [0.2, 0.25) is 0 Å². The van der Waals surface area contributed by atoms with Crippen LogP contribution in [0.25, 0.3) is 0 Å². The van der Waals surface area contributed by atoms with Crippen molar-refractivity contribution >= 4 is 13.8 Å². The van der Waals surface area contributed by atoms with Gasteiger partial charge in [-0.05, 0) is 39.0 Å². The maximum atomic E-state index is 13.1. The Kier molecular flexibility index (Phi) is 7.47. The van der Waals surface area contributed by atoms with Gasteiger partial charge in [0.25, 0.3) is 5.56 Å². The van der Waals surface area contributed by atoms with Crippen molar-refractivity contribution in [3.8, 4) is 0 Å². The Bertz CT molecular complexity index is 1050. The number of rotatable bonds is 7. The lowest BCUT2D eigenvalue weighted by atomic mass is 9.93. The largest absolute Gasteiger partial charge is 0.475 e. The van der Waals surface area contributed by atoms with Crippen LogP contribution >= 0.6 is 7.82 Å². The molecule has 13 heteroatoms. The summed E-state index contributed by atoms with van der Waals surface area (Å²) in [5, 5.41) is 0. The molecule has 12 nitrogen and oxygen atoms in total. The number of aromatic amines is 1. The number of hydrogen-bond acceptors (Lipinski definition) is 10. The van der Waals surface area contributed by atoms with E-state index < -0.39 is 49.0 Å². The van der Waals surface area contributed by atoms with Gasteiger partial charge >= 0.3 is 19.5 Å². The van der Waals surface area contributed by atoms with Crippen LogP contribution in [-0.4, -0.2) is 52.6 Å². The van der Waals surface area contributed by atoms with Crippen molar-refractivity contribution in [3.05, 3.63) is 33.1 Å². The van der Waals surface area contributed by atoms with Gasteiger partial charge in [0.15, 0.2) is 6.23 Å². The first kappa shape index (κ1) is 25.3. The number of phosphoric ester groups is 1. The first-order valence-electron chi connectivity index (χ1n) is 11.6.